The number of nitrogens with zero attached hydrogens (tertiary/aromatic N) is 4. The number of rotatable bonds is 2. The van der Waals surface area contributed by atoms with Gasteiger partial charge in [-0.3, -0.25) is 4.68 Å². The van der Waals surface area contributed by atoms with Gasteiger partial charge in [-0.2, -0.15) is 10.1 Å². The third kappa shape index (κ3) is 1.60. The van der Waals surface area contributed by atoms with Crippen LogP contribution in [0.4, 0.5) is 0 Å². The lowest BCUT2D eigenvalue weighted by Crippen LogP contribution is -2.01. The Kier molecular flexibility index (Phi) is 2.18. The second kappa shape index (κ2) is 3.69. The summed E-state index contributed by atoms with van der Waals surface area (Å²) in [5.74, 6) is 0.600. The summed E-state index contributed by atoms with van der Waals surface area (Å²) in [6, 6.07) is 6.35. The van der Waals surface area contributed by atoms with Crippen molar-refractivity contribution < 1.29 is 4.52 Å². The summed E-state index contributed by atoms with van der Waals surface area (Å²) in [6.07, 6.45) is 3.20. The van der Waals surface area contributed by atoms with Gasteiger partial charge in [-0.1, -0.05) is 17.3 Å². The van der Waals surface area contributed by atoms with Crippen molar-refractivity contribution in [3.8, 4) is 11.4 Å². The zero-order valence-electron chi connectivity index (χ0n) is 9.66. The Morgan fingerprint density at radius 2 is 2.18 bits per heavy atom. The molecule has 0 spiro atoms. The van der Waals surface area contributed by atoms with Gasteiger partial charge in [0.2, 0.25) is 12.2 Å². The molecule has 3 aromatic rings. The van der Waals surface area contributed by atoms with Gasteiger partial charge in [-0.25, -0.2) is 0 Å². The molecule has 0 fully saturated rings. The third-order valence-electron chi connectivity index (χ3n) is 2.71. The molecule has 0 atom stereocenters. The van der Waals surface area contributed by atoms with Crippen molar-refractivity contribution in [2.45, 2.75) is 19.9 Å². The summed E-state index contributed by atoms with van der Waals surface area (Å²) in [5.41, 5.74) is 2.02. The van der Waals surface area contributed by atoms with Crippen molar-refractivity contribution in [2.24, 2.45) is 0 Å². The monoisotopic (exact) mass is 228 g/mol. The fourth-order valence-corrected chi connectivity index (χ4v) is 1.89. The van der Waals surface area contributed by atoms with E-state index >= 15 is 0 Å². The Hall–Kier alpha value is -2.17. The van der Waals surface area contributed by atoms with E-state index in [1.807, 2.05) is 29.1 Å². The first kappa shape index (κ1) is 10.0. The molecular weight excluding hydrogens is 216 g/mol. The predicted octanol–water partition coefficient (Wildman–Crippen LogP) is 2.67. The molecule has 0 amide bonds. The van der Waals surface area contributed by atoms with Gasteiger partial charge < -0.3 is 4.52 Å². The zero-order chi connectivity index (χ0) is 11.8. The van der Waals surface area contributed by atoms with Crippen molar-refractivity contribution in [2.75, 3.05) is 0 Å². The highest BCUT2D eigenvalue weighted by molar-refractivity contribution is 5.83. The molecule has 5 nitrogen and oxygen atoms in total. The van der Waals surface area contributed by atoms with Crippen LogP contribution in [0.1, 0.15) is 19.9 Å². The number of hydrogen-bond acceptors (Lipinski definition) is 4. The minimum absolute atomic E-state index is 0.327. The zero-order valence-corrected chi connectivity index (χ0v) is 9.66. The van der Waals surface area contributed by atoms with Gasteiger partial charge in [0, 0.05) is 17.0 Å². The summed E-state index contributed by atoms with van der Waals surface area (Å²) in [5, 5.41) is 9.32. The van der Waals surface area contributed by atoms with Crippen LogP contribution in [0.5, 0.6) is 0 Å². The fourth-order valence-electron chi connectivity index (χ4n) is 1.89. The van der Waals surface area contributed by atoms with Crippen LogP contribution in [0.3, 0.4) is 0 Å². The molecule has 0 radical (unpaired) electrons. The van der Waals surface area contributed by atoms with E-state index in [9.17, 15) is 0 Å². The van der Waals surface area contributed by atoms with Crippen molar-refractivity contribution in [1.82, 2.24) is 19.9 Å². The van der Waals surface area contributed by atoms with E-state index < -0.39 is 0 Å². The summed E-state index contributed by atoms with van der Waals surface area (Å²) >= 11 is 0. The largest absolute Gasteiger partial charge is 0.342 e. The number of fused-ring (bicyclic) bond motifs is 1. The molecular formula is C12H12N4O. The number of aromatic nitrogens is 4. The molecule has 2 aromatic heterocycles. The van der Waals surface area contributed by atoms with Crippen LogP contribution in [0, 0.1) is 0 Å². The van der Waals surface area contributed by atoms with E-state index in [4.69, 9.17) is 4.52 Å². The summed E-state index contributed by atoms with van der Waals surface area (Å²) in [6.45, 7) is 4.21. The maximum absolute atomic E-state index is 4.76. The quantitative estimate of drug-likeness (QED) is 0.676. The van der Waals surface area contributed by atoms with E-state index in [-0.39, 0.29) is 0 Å². The van der Waals surface area contributed by atoms with E-state index in [0.717, 1.165) is 16.5 Å². The lowest BCUT2D eigenvalue weighted by Gasteiger charge is -2.07. The standard InChI is InChI=1S/C12H12N4O/c1-8(2)16-11-5-9(12-13-7-17-15-12)3-4-10(11)6-14-16/h3-8H,1-2H3. The van der Waals surface area contributed by atoms with Crippen molar-refractivity contribution in [3.63, 3.8) is 0 Å². The van der Waals surface area contributed by atoms with Gasteiger partial charge in [0.25, 0.3) is 0 Å². The van der Waals surface area contributed by atoms with E-state index in [0.29, 0.717) is 11.9 Å². The molecule has 0 aliphatic carbocycles. The number of hydrogen-bond donors (Lipinski definition) is 0. The van der Waals surface area contributed by atoms with Gasteiger partial charge >= 0.3 is 0 Å². The molecule has 17 heavy (non-hydrogen) atoms. The van der Waals surface area contributed by atoms with Crippen molar-refractivity contribution in [1.29, 1.82) is 0 Å². The minimum Gasteiger partial charge on any atom is -0.342 e. The first-order valence-electron chi connectivity index (χ1n) is 5.50. The molecule has 0 saturated carbocycles. The van der Waals surface area contributed by atoms with Gasteiger partial charge in [0.15, 0.2) is 0 Å². The maximum Gasteiger partial charge on any atom is 0.214 e. The first-order chi connectivity index (χ1) is 8.25. The summed E-state index contributed by atoms with van der Waals surface area (Å²) < 4.78 is 6.74. The second-order valence-corrected chi connectivity index (χ2v) is 4.21. The number of benzene rings is 1. The van der Waals surface area contributed by atoms with Gasteiger partial charge in [-0.05, 0) is 19.9 Å². The third-order valence-corrected chi connectivity index (χ3v) is 2.71. The Labute approximate surface area is 98.1 Å². The van der Waals surface area contributed by atoms with Crippen LogP contribution in [-0.4, -0.2) is 19.9 Å². The molecule has 5 heteroatoms. The smallest absolute Gasteiger partial charge is 0.214 e. The van der Waals surface area contributed by atoms with E-state index in [1.165, 1.54) is 6.39 Å². The van der Waals surface area contributed by atoms with Gasteiger partial charge in [0.1, 0.15) is 0 Å². The van der Waals surface area contributed by atoms with Crippen LogP contribution in [-0.2, 0) is 0 Å². The van der Waals surface area contributed by atoms with Crippen molar-refractivity contribution in [3.05, 3.63) is 30.8 Å². The Balaban J connectivity index is 2.20. The van der Waals surface area contributed by atoms with Crippen LogP contribution in [0.15, 0.2) is 35.3 Å². The lowest BCUT2D eigenvalue weighted by molar-refractivity contribution is 0.419. The molecule has 0 bridgehead atoms. The molecule has 86 valence electrons. The highest BCUT2D eigenvalue weighted by Crippen LogP contribution is 2.23. The van der Waals surface area contributed by atoms with Crippen LogP contribution in [0.25, 0.3) is 22.3 Å². The Bertz CT molecular complexity index is 640. The molecule has 0 N–H and O–H groups in total. The Morgan fingerprint density at radius 1 is 1.29 bits per heavy atom. The molecule has 0 saturated heterocycles. The topological polar surface area (TPSA) is 56.7 Å². The molecule has 0 unspecified atom stereocenters. The Morgan fingerprint density at radius 3 is 2.88 bits per heavy atom. The minimum atomic E-state index is 0.327. The maximum atomic E-state index is 4.76. The van der Waals surface area contributed by atoms with Gasteiger partial charge in [0.05, 0.1) is 11.7 Å². The molecule has 1 aromatic carbocycles. The van der Waals surface area contributed by atoms with E-state index in [1.54, 1.807) is 0 Å². The van der Waals surface area contributed by atoms with Gasteiger partial charge in [-0.15, -0.1) is 0 Å². The predicted molar refractivity (Wildman–Crippen MR) is 63.4 cm³/mol. The van der Waals surface area contributed by atoms with Crippen LogP contribution >= 0.6 is 0 Å². The average Bonchev–Trinajstić information content (AvgIpc) is 2.97. The molecule has 0 aliphatic heterocycles. The summed E-state index contributed by atoms with van der Waals surface area (Å²) in [4.78, 5) is 4.04. The fraction of sp³-hybridized carbons (Fsp3) is 0.250. The van der Waals surface area contributed by atoms with Crippen LogP contribution < -0.4 is 0 Å². The van der Waals surface area contributed by atoms with E-state index in [2.05, 4.69) is 29.1 Å². The lowest BCUT2D eigenvalue weighted by atomic mass is 10.1. The summed E-state index contributed by atoms with van der Waals surface area (Å²) in [7, 11) is 0. The molecule has 3 rings (SSSR count). The van der Waals surface area contributed by atoms with Crippen molar-refractivity contribution >= 4 is 10.9 Å². The second-order valence-electron chi connectivity index (χ2n) is 4.21. The normalized spacial score (nSPS) is 11.5. The highest BCUT2D eigenvalue weighted by atomic mass is 16.5. The first-order valence-corrected chi connectivity index (χ1v) is 5.50. The molecule has 0 aliphatic rings. The molecule has 2 heterocycles. The highest BCUT2D eigenvalue weighted by Gasteiger charge is 2.09. The average molecular weight is 228 g/mol. The SMILES string of the molecule is CC(C)n1ncc2ccc(-c3ncon3)cc21. The van der Waals surface area contributed by atoms with Crippen LogP contribution in [0.2, 0.25) is 0 Å².